The summed E-state index contributed by atoms with van der Waals surface area (Å²) in [4.78, 5) is 7.18. The van der Waals surface area contributed by atoms with Gasteiger partial charge >= 0.3 is 0 Å². The number of rotatable bonds is 9. The second-order valence-corrected chi connectivity index (χ2v) is 7.08. The van der Waals surface area contributed by atoms with Crippen LogP contribution in [0.1, 0.15) is 31.7 Å². The lowest BCUT2D eigenvalue weighted by atomic mass is 10.1. The predicted octanol–water partition coefficient (Wildman–Crippen LogP) is 2.44. The van der Waals surface area contributed by atoms with Crippen LogP contribution in [0, 0.1) is 0 Å². The molecule has 2 aliphatic heterocycles. The van der Waals surface area contributed by atoms with Crippen LogP contribution in [0.3, 0.4) is 0 Å². The van der Waals surface area contributed by atoms with Crippen LogP contribution < -0.4 is 14.8 Å². The van der Waals surface area contributed by atoms with Crippen LogP contribution in [-0.4, -0.2) is 70.3 Å². The Balaban J connectivity index is 1.45. The van der Waals surface area contributed by atoms with Crippen molar-refractivity contribution in [3.8, 4) is 11.5 Å². The zero-order valence-electron chi connectivity index (χ0n) is 17.1. The van der Waals surface area contributed by atoms with Crippen molar-refractivity contribution in [2.24, 2.45) is 4.99 Å². The van der Waals surface area contributed by atoms with Crippen molar-refractivity contribution in [1.82, 2.24) is 10.2 Å². The standard InChI is InChI=1S/C21H33N3O4/c1-3-22-21(24-11-8-18(9-12-24)26-14-4-13-25-2)23-10-7-17-5-6-19-20(15-17)28-16-27-19/h5-6,15,18H,3-4,7-14,16H2,1-2H3,(H,22,23). The topological polar surface area (TPSA) is 64.6 Å². The molecule has 0 spiro atoms. The van der Waals surface area contributed by atoms with Gasteiger partial charge in [0.15, 0.2) is 17.5 Å². The van der Waals surface area contributed by atoms with E-state index >= 15 is 0 Å². The highest BCUT2D eigenvalue weighted by molar-refractivity contribution is 5.80. The molecular formula is C21H33N3O4. The van der Waals surface area contributed by atoms with Gasteiger partial charge in [-0.1, -0.05) is 6.07 Å². The summed E-state index contributed by atoms with van der Waals surface area (Å²) in [7, 11) is 1.73. The quantitative estimate of drug-likeness (QED) is 0.396. The summed E-state index contributed by atoms with van der Waals surface area (Å²) in [6.07, 6.45) is 4.27. The number of piperidine rings is 1. The molecule has 0 saturated carbocycles. The Morgan fingerprint density at radius 3 is 2.82 bits per heavy atom. The molecular weight excluding hydrogens is 358 g/mol. The molecule has 0 atom stereocenters. The number of likely N-dealkylation sites (tertiary alicyclic amines) is 1. The minimum absolute atomic E-state index is 0.313. The van der Waals surface area contributed by atoms with E-state index in [1.807, 2.05) is 6.07 Å². The highest BCUT2D eigenvalue weighted by Gasteiger charge is 2.21. The molecule has 0 amide bonds. The molecule has 2 aliphatic rings. The maximum Gasteiger partial charge on any atom is 0.231 e. The van der Waals surface area contributed by atoms with E-state index in [4.69, 9.17) is 23.9 Å². The average molecular weight is 392 g/mol. The van der Waals surface area contributed by atoms with Gasteiger partial charge in [0.25, 0.3) is 0 Å². The molecule has 1 saturated heterocycles. The van der Waals surface area contributed by atoms with Crippen molar-refractivity contribution in [3.05, 3.63) is 23.8 Å². The SMILES string of the molecule is CCNC(=NCCc1ccc2c(c1)OCO2)N1CCC(OCCCOC)CC1. The van der Waals surface area contributed by atoms with Gasteiger partial charge in [-0.2, -0.15) is 0 Å². The van der Waals surface area contributed by atoms with Gasteiger partial charge in [-0.05, 0) is 50.3 Å². The van der Waals surface area contributed by atoms with Crippen LogP contribution >= 0.6 is 0 Å². The normalized spacial score (nSPS) is 17.2. The first-order chi connectivity index (χ1) is 13.8. The molecule has 1 fully saturated rings. The summed E-state index contributed by atoms with van der Waals surface area (Å²) in [6.45, 7) is 7.54. The van der Waals surface area contributed by atoms with Crippen LogP contribution in [0.4, 0.5) is 0 Å². The van der Waals surface area contributed by atoms with Crippen LogP contribution in [0.5, 0.6) is 11.5 Å². The molecule has 156 valence electrons. The van der Waals surface area contributed by atoms with Gasteiger partial charge in [-0.3, -0.25) is 4.99 Å². The zero-order chi connectivity index (χ0) is 19.6. The van der Waals surface area contributed by atoms with E-state index < -0.39 is 0 Å². The Morgan fingerprint density at radius 1 is 1.21 bits per heavy atom. The lowest BCUT2D eigenvalue weighted by Crippen LogP contribution is -2.47. The van der Waals surface area contributed by atoms with Crippen molar-refractivity contribution in [2.45, 2.75) is 38.7 Å². The average Bonchev–Trinajstić information content (AvgIpc) is 3.19. The molecule has 2 heterocycles. The summed E-state index contributed by atoms with van der Waals surface area (Å²) in [6, 6.07) is 6.11. The minimum Gasteiger partial charge on any atom is -0.454 e. The molecule has 1 aromatic rings. The Hall–Kier alpha value is -1.99. The van der Waals surface area contributed by atoms with E-state index in [1.165, 1.54) is 5.56 Å². The molecule has 7 nitrogen and oxygen atoms in total. The van der Waals surface area contributed by atoms with Crippen molar-refractivity contribution < 1.29 is 18.9 Å². The van der Waals surface area contributed by atoms with Crippen LogP contribution in [0.25, 0.3) is 0 Å². The fourth-order valence-corrected chi connectivity index (χ4v) is 3.50. The zero-order valence-corrected chi connectivity index (χ0v) is 17.1. The van der Waals surface area contributed by atoms with E-state index in [0.29, 0.717) is 12.9 Å². The second kappa shape index (κ2) is 11.1. The van der Waals surface area contributed by atoms with Crippen molar-refractivity contribution in [2.75, 3.05) is 53.3 Å². The minimum atomic E-state index is 0.313. The Morgan fingerprint density at radius 2 is 2.04 bits per heavy atom. The van der Waals surface area contributed by atoms with E-state index in [2.05, 4.69) is 29.3 Å². The summed E-state index contributed by atoms with van der Waals surface area (Å²) < 4.78 is 21.9. The third-order valence-corrected chi connectivity index (χ3v) is 5.02. The summed E-state index contributed by atoms with van der Waals surface area (Å²) >= 11 is 0. The second-order valence-electron chi connectivity index (χ2n) is 7.08. The molecule has 1 aromatic carbocycles. The van der Waals surface area contributed by atoms with E-state index in [1.54, 1.807) is 7.11 Å². The molecule has 0 aromatic heterocycles. The number of hydrogen-bond acceptors (Lipinski definition) is 5. The fourth-order valence-electron chi connectivity index (χ4n) is 3.50. The van der Waals surface area contributed by atoms with Gasteiger partial charge in [0.05, 0.1) is 6.10 Å². The van der Waals surface area contributed by atoms with Gasteiger partial charge in [-0.25, -0.2) is 0 Å². The molecule has 1 N–H and O–H groups in total. The molecule has 28 heavy (non-hydrogen) atoms. The maximum absolute atomic E-state index is 5.96. The lowest BCUT2D eigenvalue weighted by Gasteiger charge is -2.34. The summed E-state index contributed by atoms with van der Waals surface area (Å²) in [5, 5.41) is 3.43. The fraction of sp³-hybridized carbons (Fsp3) is 0.667. The Kier molecular flexibility index (Phi) is 8.23. The van der Waals surface area contributed by atoms with Crippen molar-refractivity contribution in [3.63, 3.8) is 0 Å². The predicted molar refractivity (Wildman–Crippen MR) is 109 cm³/mol. The smallest absolute Gasteiger partial charge is 0.231 e. The van der Waals surface area contributed by atoms with E-state index in [0.717, 1.165) is 82.5 Å². The number of aliphatic imine (C=N–C) groups is 1. The van der Waals surface area contributed by atoms with Crippen LogP contribution in [0.15, 0.2) is 23.2 Å². The van der Waals surface area contributed by atoms with Gasteiger partial charge in [0.2, 0.25) is 6.79 Å². The number of fused-ring (bicyclic) bond motifs is 1. The van der Waals surface area contributed by atoms with E-state index in [-0.39, 0.29) is 0 Å². The Bertz CT molecular complexity index is 630. The van der Waals surface area contributed by atoms with Crippen LogP contribution in [-0.2, 0) is 15.9 Å². The third kappa shape index (κ3) is 6.01. The molecule has 0 aliphatic carbocycles. The number of ether oxygens (including phenoxy) is 4. The molecule has 3 rings (SSSR count). The Labute approximate surface area is 168 Å². The number of hydrogen-bond donors (Lipinski definition) is 1. The van der Waals surface area contributed by atoms with Crippen LogP contribution in [0.2, 0.25) is 0 Å². The summed E-state index contributed by atoms with van der Waals surface area (Å²) in [5.74, 6) is 2.66. The third-order valence-electron chi connectivity index (χ3n) is 5.02. The molecule has 0 bridgehead atoms. The number of methoxy groups -OCH3 is 1. The monoisotopic (exact) mass is 391 g/mol. The highest BCUT2D eigenvalue weighted by atomic mass is 16.7. The van der Waals surface area contributed by atoms with Gasteiger partial charge in [0.1, 0.15) is 0 Å². The largest absolute Gasteiger partial charge is 0.454 e. The summed E-state index contributed by atoms with van der Waals surface area (Å²) in [5.41, 5.74) is 1.21. The van der Waals surface area contributed by atoms with E-state index in [9.17, 15) is 0 Å². The first-order valence-corrected chi connectivity index (χ1v) is 10.3. The van der Waals surface area contributed by atoms with Gasteiger partial charge < -0.3 is 29.2 Å². The first-order valence-electron chi connectivity index (χ1n) is 10.3. The van der Waals surface area contributed by atoms with Gasteiger partial charge in [0, 0.05) is 46.5 Å². The molecule has 0 radical (unpaired) electrons. The van der Waals surface area contributed by atoms with Gasteiger partial charge in [-0.15, -0.1) is 0 Å². The highest BCUT2D eigenvalue weighted by Crippen LogP contribution is 2.32. The lowest BCUT2D eigenvalue weighted by molar-refractivity contribution is 0.00991. The number of nitrogens with zero attached hydrogens (tertiary/aromatic N) is 2. The number of nitrogens with one attached hydrogen (secondary N) is 1. The van der Waals surface area contributed by atoms with Crippen molar-refractivity contribution in [1.29, 1.82) is 0 Å². The first kappa shape index (κ1) is 20.7. The maximum atomic E-state index is 5.96. The number of benzene rings is 1. The van der Waals surface area contributed by atoms with Crippen molar-refractivity contribution >= 4 is 5.96 Å². The number of guanidine groups is 1. The molecule has 0 unspecified atom stereocenters. The molecule has 7 heteroatoms.